The largest absolute Gasteiger partial charge is 0.354 e. The van der Waals surface area contributed by atoms with Crippen molar-refractivity contribution in [2.45, 2.75) is 6.92 Å². The molecule has 0 amide bonds. The molecule has 18 heavy (non-hydrogen) atoms. The zero-order valence-electron chi connectivity index (χ0n) is 9.67. The van der Waals surface area contributed by atoms with E-state index in [0.29, 0.717) is 16.3 Å². The first-order valence-electron chi connectivity index (χ1n) is 5.33. The number of aryl methyl sites for hydroxylation is 1. The third kappa shape index (κ3) is 2.84. The Hall–Kier alpha value is -1.50. The lowest BCUT2D eigenvalue weighted by molar-refractivity contribution is 1.40. The van der Waals surface area contributed by atoms with Gasteiger partial charge in [-0.05, 0) is 42.8 Å². The van der Waals surface area contributed by atoms with Crippen LogP contribution in [0.1, 0.15) is 11.1 Å². The highest BCUT2D eigenvalue weighted by Gasteiger charge is 2.05. The first-order valence-corrected chi connectivity index (χ1v) is 6.50. The lowest BCUT2D eigenvalue weighted by atomic mass is 10.1. The fourth-order valence-electron chi connectivity index (χ4n) is 1.59. The van der Waals surface area contributed by atoms with E-state index < -0.39 is 0 Å². The Morgan fingerprint density at radius 2 is 1.94 bits per heavy atom. The molecular weight excluding hydrogens is 312 g/mol. The number of halogens is 2. The second-order valence-corrected chi connectivity index (χ2v) is 5.24. The third-order valence-corrected chi connectivity index (χ3v) is 3.30. The average molecular weight is 322 g/mol. The smallest absolute Gasteiger partial charge is 0.101 e. The molecule has 0 aliphatic heterocycles. The van der Waals surface area contributed by atoms with Crippen LogP contribution in [0.15, 0.2) is 40.9 Å². The van der Waals surface area contributed by atoms with Crippen molar-refractivity contribution in [3.63, 3.8) is 0 Å². The summed E-state index contributed by atoms with van der Waals surface area (Å²) in [6.07, 6.45) is 0. The van der Waals surface area contributed by atoms with Crippen molar-refractivity contribution in [2.75, 3.05) is 5.32 Å². The van der Waals surface area contributed by atoms with Crippen molar-refractivity contribution in [2.24, 2.45) is 0 Å². The van der Waals surface area contributed by atoms with Crippen LogP contribution in [0.3, 0.4) is 0 Å². The molecule has 0 aromatic heterocycles. The minimum absolute atomic E-state index is 0.568. The highest BCUT2D eigenvalue weighted by atomic mass is 79.9. The summed E-state index contributed by atoms with van der Waals surface area (Å²) in [5.74, 6) is 0. The Balaban J connectivity index is 2.43. The molecule has 2 nitrogen and oxygen atoms in total. The van der Waals surface area contributed by atoms with Crippen LogP contribution in [0.2, 0.25) is 5.02 Å². The molecule has 0 unspecified atom stereocenters. The predicted molar refractivity (Wildman–Crippen MR) is 78.3 cm³/mol. The van der Waals surface area contributed by atoms with Crippen molar-refractivity contribution < 1.29 is 0 Å². The van der Waals surface area contributed by atoms with Crippen LogP contribution in [-0.4, -0.2) is 0 Å². The minimum atomic E-state index is 0.568. The monoisotopic (exact) mass is 320 g/mol. The van der Waals surface area contributed by atoms with Crippen LogP contribution >= 0.6 is 27.5 Å². The van der Waals surface area contributed by atoms with Gasteiger partial charge in [0, 0.05) is 15.2 Å². The number of anilines is 2. The SMILES string of the molecule is Cc1ccc(Br)cc1Nc1cc(Cl)ccc1C#N. The summed E-state index contributed by atoms with van der Waals surface area (Å²) in [6.45, 7) is 2.01. The molecule has 4 heteroatoms. The fourth-order valence-corrected chi connectivity index (χ4v) is 2.12. The fraction of sp³-hybridized carbons (Fsp3) is 0.0714. The molecule has 90 valence electrons. The van der Waals surface area contributed by atoms with Gasteiger partial charge in [-0.3, -0.25) is 0 Å². The van der Waals surface area contributed by atoms with Crippen molar-refractivity contribution in [3.05, 3.63) is 57.0 Å². The lowest BCUT2D eigenvalue weighted by Gasteiger charge is -2.11. The van der Waals surface area contributed by atoms with Gasteiger partial charge >= 0.3 is 0 Å². The highest BCUT2D eigenvalue weighted by Crippen LogP contribution is 2.28. The molecule has 2 aromatic carbocycles. The van der Waals surface area contributed by atoms with Gasteiger partial charge in [0.25, 0.3) is 0 Å². The molecule has 0 heterocycles. The molecule has 1 N–H and O–H groups in total. The molecule has 2 rings (SSSR count). The van der Waals surface area contributed by atoms with Gasteiger partial charge in [-0.25, -0.2) is 0 Å². The van der Waals surface area contributed by atoms with Gasteiger partial charge in [-0.2, -0.15) is 5.26 Å². The van der Waals surface area contributed by atoms with Crippen LogP contribution in [0.4, 0.5) is 11.4 Å². The molecule has 0 radical (unpaired) electrons. The second kappa shape index (κ2) is 5.43. The number of rotatable bonds is 2. The number of hydrogen-bond donors (Lipinski definition) is 1. The highest BCUT2D eigenvalue weighted by molar-refractivity contribution is 9.10. The zero-order chi connectivity index (χ0) is 13.1. The maximum absolute atomic E-state index is 9.07. The lowest BCUT2D eigenvalue weighted by Crippen LogP contribution is -1.95. The first kappa shape index (κ1) is 12.9. The standard InChI is InChI=1S/C14H10BrClN2/c1-9-2-4-11(15)6-13(9)18-14-7-12(16)5-3-10(14)8-17/h2-7,18H,1H3. The van der Waals surface area contributed by atoms with E-state index in [1.165, 1.54) is 0 Å². The van der Waals surface area contributed by atoms with Crippen molar-refractivity contribution in [1.82, 2.24) is 0 Å². The van der Waals surface area contributed by atoms with E-state index in [0.717, 1.165) is 15.7 Å². The Kier molecular flexibility index (Phi) is 3.90. The topological polar surface area (TPSA) is 35.8 Å². The minimum Gasteiger partial charge on any atom is -0.354 e. The summed E-state index contributed by atoms with van der Waals surface area (Å²) in [7, 11) is 0. The maximum Gasteiger partial charge on any atom is 0.101 e. The summed E-state index contributed by atoms with van der Waals surface area (Å²) >= 11 is 9.38. The Bertz CT molecular complexity index is 632. The molecular formula is C14H10BrClN2. The average Bonchev–Trinajstić information content (AvgIpc) is 2.34. The van der Waals surface area contributed by atoms with Crippen LogP contribution in [-0.2, 0) is 0 Å². The van der Waals surface area contributed by atoms with Gasteiger partial charge in [-0.1, -0.05) is 33.6 Å². The summed E-state index contributed by atoms with van der Waals surface area (Å²) in [6, 6.07) is 13.3. The normalized spacial score (nSPS) is 9.89. The van der Waals surface area contributed by atoms with Crippen molar-refractivity contribution in [3.8, 4) is 6.07 Å². The number of nitrogens with one attached hydrogen (secondary N) is 1. The van der Waals surface area contributed by atoms with Crippen LogP contribution in [0, 0.1) is 18.3 Å². The van der Waals surface area contributed by atoms with Gasteiger partial charge in [0.2, 0.25) is 0 Å². The summed E-state index contributed by atoms with van der Waals surface area (Å²) in [4.78, 5) is 0. The number of nitrogens with zero attached hydrogens (tertiary/aromatic N) is 1. The molecule has 0 bridgehead atoms. The summed E-state index contributed by atoms with van der Waals surface area (Å²) < 4.78 is 0.983. The predicted octanol–water partition coefficient (Wildman–Crippen LogP) is 5.03. The molecule has 2 aromatic rings. The van der Waals surface area contributed by atoms with E-state index in [9.17, 15) is 0 Å². The van der Waals surface area contributed by atoms with Crippen LogP contribution in [0.25, 0.3) is 0 Å². The van der Waals surface area contributed by atoms with Gasteiger partial charge in [0.1, 0.15) is 6.07 Å². The molecule has 0 fully saturated rings. The third-order valence-electron chi connectivity index (χ3n) is 2.57. The maximum atomic E-state index is 9.07. The number of benzene rings is 2. The Morgan fingerprint density at radius 1 is 1.17 bits per heavy atom. The van der Waals surface area contributed by atoms with E-state index >= 15 is 0 Å². The molecule has 0 aliphatic rings. The quantitative estimate of drug-likeness (QED) is 0.842. The van der Waals surface area contributed by atoms with Crippen LogP contribution < -0.4 is 5.32 Å². The number of hydrogen-bond acceptors (Lipinski definition) is 2. The second-order valence-electron chi connectivity index (χ2n) is 3.89. The summed E-state index contributed by atoms with van der Waals surface area (Å²) in [5.41, 5.74) is 3.33. The van der Waals surface area contributed by atoms with E-state index in [1.807, 2.05) is 25.1 Å². The van der Waals surface area contributed by atoms with Gasteiger partial charge in [0.05, 0.1) is 11.3 Å². The van der Waals surface area contributed by atoms with E-state index in [4.69, 9.17) is 16.9 Å². The Morgan fingerprint density at radius 3 is 2.67 bits per heavy atom. The van der Waals surface area contributed by atoms with Gasteiger partial charge in [-0.15, -0.1) is 0 Å². The molecule has 0 atom stereocenters. The zero-order valence-corrected chi connectivity index (χ0v) is 12.0. The van der Waals surface area contributed by atoms with Crippen molar-refractivity contribution in [1.29, 1.82) is 5.26 Å². The van der Waals surface area contributed by atoms with Gasteiger partial charge < -0.3 is 5.32 Å². The van der Waals surface area contributed by atoms with Gasteiger partial charge in [0.15, 0.2) is 0 Å². The number of nitriles is 1. The van der Waals surface area contributed by atoms with E-state index in [1.54, 1.807) is 18.2 Å². The molecule has 0 saturated heterocycles. The van der Waals surface area contributed by atoms with E-state index in [-0.39, 0.29) is 0 Å². The molecule has 0 spiro atoms. The Labute approximate surface area is 119 Å². The summed E-state index contributed by atoms with van der Waals surface area (Å²) in [5, 5.41) is 12.9. The first-order chi connectivity index (χ1) is 8.60. The molecule has 0 aliphatic carbocycles. The van der Waals surface area contributed by atoms with Crippen molar-refractivity contribution >= 4 is 38.9 Å². The van der Waals surface area contributed by atoms with Crippen LogP contribution in [0.5, 0.6) is 0 Å². The van der Waals surface area contributed by atoms with E-state index in [2.05, 4.69) is 27.3 Å². The molecule has 0 saturated carbocycles.